The van der Waals surface area contributed by atoms with E-state index in [0.717, 1.165) is 38.5 Å². The zero-order valence-corrected chi connectivity index (χ0v) is 24.9. The molecule has 1 aliphatic rings. The van der Waals surface area contributed by atoms with Gasteiger partial charge in [0.2, 0.25) is 11.8 Å². The molecule has 1 saturated heterocycles. The van der Waals surface area contributed by atoms with Gasteiger partial charge in [-0.25, -0.2) is 0 Å². The molecule has 1 atom stereocenters. The standard InChI is InChI=1S/C29H53NO6Si/c1-37(2,3)27(30-25(31)22-23-26(30)32)24-36-29(35)21-19-17-15-13-11-9-7-5-4-6-8-10-12-14-16-18-20-28(33)34/h27H,4-24H2,1-3H3,(H,33,34). The number of ether oxygens (including phenoxy) is 1. The topological polar surface area (TPSA) is 101 Å². The lowest BCUT2D eigenvalue weighted by Gasteiger charge is -2.34. The summed E-state index contributed by atoms with van der Waals surface area (Å²) in [4.78, 5) is 48.4. The molecule has 0 bridgehead atoms. The van der Waals surface area contributed by atoms with Crippen molar-refractivity contribution in [2.45, 2.75) is 154 Å². The summed E-state index contributed by atoms with van der Waals surface area (Å²) in [6.07, 6.45) is 20.1. The third-order valence-corrected chi connectivity index (χ3v) is 9.75. The van der Waals surface area contributed by atoms with Crippen molar-refractivity contribution < 1.29 is 29.0 Å². The Bertz CT molecular complexity index is 674. The van der Waals surface area contributed by atoms with Crippen LogP contribution in [0.25, 0.3) is 0 Å². The molecular weight excluding hydrogens is 486 g/mol. The van der Waals surface area contributed by atoms with Crippen molar-refractivity contribution in [3.8, 4) is 0 Å². The van der Waals surface area contributed by atoms with Gasteiger partial charge in [-0.15, -0.1) is 0 Å². The summed E-state index contributed by atoms with van der Waals surface area (Å²) < 4.78 is 5.51. The maximum atomic E-state index is 12.2. The summed E-state index contributed by atoms with van der Waals surface area (Å²) in [5.74, 6) is -1.17. The quantitative estimate of drug-likeness (QED) is 0.0647. The molecule has 0 aromatic heterocycles. The average molecular weight is 540 g/mol. The third-order valence-electron chi connectivity index (χ3n) is 7.33. The minimum atomic E-state index is -1.89. The van der Waals surface area contributed by atoms with Crippen LogP contribution in [0.4, 0.5) is 0 Å². The average Bonchev–Trinajstić information content (AvgIpc) is 3.15. The van der Waals surface area contributed by atoms with Crippen LogP contribution in [0.15, 0.2) is 0 Å². The van der Waals surface area contributed by atoms with Crippen molar-refractivity contribution >= 4 is 31.8 Å². The Morgan fingerprint density at radius 1 is 0.703 bits per heavy atom. The largest absolute Gasteiger partial charge is 0.481 e. The zero-order chi connectivity index (χ0) is 27.5. The number of hydrogen-bond donors (Lipinski definition) is 1. The van der Waals surface area contributed by atoms with Crippen LogP contribution < -0.4 is 0 Å². The first-order valence-corrected chi connectivity index (χ1v) is 18.4. The molecule has 0 saturated carbocycles. The van der Waals surface area contributed by atoms with E-state index in [0.29, 0.717) is 12.8 Å². The van der Waals surface area contributed by atoms with Gasteiger partial charge in [0.15, 0.2) is 0 Å². The highest BCUT2D eigenvalue weighted by Crippen LogP contribution is 2.23. The molecular formula is C29H53NO6Si. The molecule has 0 aromatic carbocycles. The number of carbonyl (C=O) groups excluding carboxylic acids is 3. The van der Waals surface area contributed by atoms with Crippen LogP contribution in [0.1, 0.15) is 128 Å². The lowest BCUT2D eigenvalue weighted by atomic mass is 10.0. The molecule has 37 heavy (non-hydrogen) atoms. The normalized spacial score (nSPS) is 14.8. The molecule has 8 heteroatoms. The molecule has 0 spiro atoms. The second-order valence-corrected chi connectivity index (χ2v) is 17.2. The molecule has 0 aliphatic carbocycles. The lowest BCUT2D eigenvalue weighted by Crippen LogP contribution is -2.56. The number of carbonyl (C=O) groups is 4. The molecule has 2 amide bonds. The minimum Gasteiger partial charge on any atom is -0.481 e. The maximum Gasteiger partial charge on any atom is 0.305 e. The maximum absolute atomic E-state index is 12.2. The number of esters is 1. The van der Waals surface area contributed by atoms with Gasteiger partial charge in [-0.1, -0.05) is 110 Å². The zero-order valence-electron chi connectivity index (χ0n) is 23.9. The second kappa shape index (κ2) is 19.4. The third kappa shape index (κ3) is 16.0. The molecule has 1 unspecified atom stereocenters. The number of carboxylic acids is 1. The van der Waals surface area contributed by atoms with E-state index < -0.39 is 14.0 Å². The second-order valence-electron chi connectivity index (χ2n) is 11.8. The summed E-state index contributed by atoms with van der Waals surface area (Å²) in [5.41, 5.74) is -0.277. The van der Waals surface area contributed by atoms with Gasteiger partial charge in [0.05, 0.1) is 13.7 Å². The smallest absolute Gasteiger partial charge is 0.305 e. The molecule has 1 rings (SSSR count). The van der Waals surface area contributed by atoms with Gasteiger partial charge < -0.3 is 9.84 Å². The van der Waals surface area contributed by atoms with Gasteiger partial charge in [0, 0.05) is 25.7 Å². The van der Waals surface area contributed by atoms with E-state index in [1.54, 1.807) is 0 Å². The summed E-state index contributed by atoms with van der Waals surface area (Å²) in [7, 11) is -1.89. The van der Waals surface area contributed by atoms with Crippen LogP contribution in [0, 0.1) is 0 Å². The number of nitrogens with zero attached hydrogens (tertiary/aromatic N) is 1. The highest BCUT2D eigenvalue weighted by atomic mass is 28.3. The predicted octanol–water partition coefficient (Wildman–Crippen LogP) is 7.03. The first-order chi connectivity index (χ1) is 17.6. The molecule has 1 heterocycles. The monoisotopic (exact) mass is 539 g/mol. The number of imide groups is 1. The molecule has 0 aromatic rings. The van der Waals surface area contributed by atoms with Gasteiger partial charge in [-0.05, 0) is 12.8 Å². The van der Waals surface area contributed by atoms with Gasteiger partial charge in [-0.3, -0.25) is 24.1 Å². The highest BCUT2D eigenvalue weighted by Gasteiger charge is 2.42. The Hall–Kier alpha value is -1.70. The Morgan fingerprint density at radius 3 is 1.41 bits per heavy atom. The molecule has 1 N–H and O–H groups in total. The van der Waals surface area contributed by atoms with Crippen LogP contribution in [0.3, 0.4) is 0 Å². The van der Waals surface area contributed by atoms with Crippen molar-refractivity contribution in [3.05, 3.63) is 0 Å². The van der Waals surface area contributed by atoms with Crippen LogP contribution in [0.2, 0.25) is 19.6 Å². The van der Waals surface area contributed by atoms with E-state index in [2.05, 4.69) is 19.6 Å². The fraction of sp³-hybridized carbons (Fsp3) is 0.862. The molecule has 1 fully saturated rings. The number of carboxylic acid groups (broad SMARTS) is 1. The SMILES string of the molecule is C[Si](C)(C)C(COC(=O)CCCCCCCCCCCCCCCCCCC(=O)O)N1C(=O)CCC1=O. The van der Waals surface area contributed by atoms with Gasteiger partial charge in [0.25, 0.3) is 0 Å². The van der Waals surface area contributed by atoms with Crippen molar-refractivity contribution in [2.75, 3.05) is 6.61 Å². The molecule has 1 aliphatic heterocycles. The molecule has 7 nitrogen and oxygen atoms in total. The van der Waals surface area contributed by atoms with Gasteiger partial charge >= 0.3 is 11.9 Å². The van der Waals surface area contributed by atoms with Crippen molar-refractivity contribution in [3.63, 3.8) is 0 Å². The van der Waals surface area contributed by atoms with Crippen molar-refractivity contribution in [2.24, 2.45) is 0 Å². The number of likely N-dealkylation sites (tertiary alicyclic amines) is 1. The Morgan fingerprint density at radius 2 is 1.05 bits per heavy atom. The van der Waals surface area contributed by atoms with Crippen LogP contribution in [-0.2, 0) is 23.9 Å². The predicted molar refractivity (Wildman–Crippen MR) is 150 cm³/mol. The fourth-order valence-electron chi connectivity index (χ4n) is 4.92. The van der Waals surface area contributed by atoms with Crippen LogP contribution >= 0.6 is 0 Å². The summed E-state index contributed by atoms with van der Waals surface area (Å²) in [6.45, 7) is 6.44. The Kier molecular flexibility index (Phi) is 17.5. The van der Waals surface area contributed by atoms with Crippen LogP contribution in [-0.4, -0.2) is 54.1 Å². The van der Waals surface area contributed by atoms with E-state index in [1.807, 2.05) is 0 Å². The van der Waals surface area contributed by atoms with Crippen LogP contribution in [0.5, 0.6) is 0 Å². The summed E-state index contributed by atoms with van der Waals surface area (Å²) in [5, 5.41) is 8.61. The number of aliphatic carboxylic acids is 1. The first-order valence-electron chi connectivity index (χ1n) is 14.8. The van der Waals surface area contributed by atoms with E-state index in [-0.39, 0.29) is 42.9 Å². The van der Waals surface area contributed by atoms with E-state index in [4.69, 9.17) is 9.84 Å². The minimum absolute atomic E-state index is 0.133. The number of rotatable bonds is 23. The number of amides is 2. The van der Waals surface area contributed by atoms with Crippen molar-refractivity contribution in [1.82, 2.24) is 4.90 Å². The van der Waals surface area contributed by atoms with Crippen molar-refractivity contribution in [1.29, 1.82) is 0 Å². The van der Waals surface area contributed by atoms with E-state index in [9.17, 15) is 19.2 Å². The van der Waals surface area contributed by atoms with Gasteiger partial charge in [0.1, 0.15) is 6.61 Å². The highest BCUT2D eigenvalue weighted by molar-refractivity contribution is 6.78. The Balaban J connectivity index is 1.94. The van der Waals surface area contributed by atoms with E-state index in [1.165, 1.54) is 69.1 Å². The summed E-state index contributed by atoms with van der Waals surface area (Å²) in [6, 6.07) is 0. The molecule has 214 valence electrons. The summed E-state index contributed by atoms with van der Waals surface area (Å²) >= 11 is 0. The molecule has 0 radical (unpaired) electrons. The lowest BCUT2D eigenvalue weighted by molar-refractivity contribution is -0.149. The Labute approximate surface area is 226 Å². The van der Waals surface area contributed by atoms with Gasteiger partial charge in [-0.2, -0.15) is 0 Å². The number of hydrogen-bond acceptors (Lipinski definition) is 5. The van der Waals surface area contributed by atoms with E-state index >= 15 is 0 Å². The fourth-order valence-corrected chi connectivity index (χ4v) is 6.56. The number of unbranched alkanes of at least 4 members (excludes halogenated alkanes) is 15. The first kappa shape index (κ1) is 33.3.